The first-order chi connectivity index (χ1) is 9.99. The molecule has 0 saturated heterocycles. The molecule has 0 spiro atoms. The number of aliphatic carboxylic acids is 1. The summed E-state index contributed by atoms with van der Waals surface area (Å²) in [6, 6.07) is 4.97. The smallest absolute Gasteiger partial charge is 0.326 e. The van der Waals surface area contributed by atoms with Crippen molar-refractivity contribution < 1.29 is 19.1 Å². The second kappa shape index (κ2) is 6.47. The van der Waals surface area contributed by atoms with Gasteiger partial charge in [0.05, 0.1) is 5.41 Å². The standard InChI is InChI=1S/C15H18FNO3S/c1-21-9-6-12(13(18)19)17-14(20)15(7-8-15)10-2-4-11(16)5-3-10/h2-5,12H,6-9H2,1H3,(H,17,20)(H,18,19). The van der Waals surface area contributed by atoms with Crippen LogP contribution in [-0.4, -0.2) is 35.0 Å². The fraction of sp³-hybridized carbons (Fsp3) is 0.467. The van der Waals surface area contributed by atoms with Gasteiger partial charge in [-0.3, -0.25) is 4.79 Å². The molecule has 1 saturated carbocycles. The summed E-state index contributed by atoms with van der Waals surface area (Å²) in [5, 5.41) is 11.8. The lowest BCUT2D eigenvalue weighted by Crippen LogP contribution is -2.45. The molecule has 1 aliphatic rings. The van der Waals surface area contributed by atoms with Gasteiger partial charge in [-0.15, -0.1) is 0 Å². The SMILES string of the molecule is CSCCC(NC(=O)C1(c2ccc(F)cc2)CC1)C(=O)O. The van der Waals surface area contributed by atoms with Gasteiger partial charge < -0.3 is 10.4 Å². The lowest BCUT2D eigenvalue weighted by atomic mass is 9.94. The minimum atomic E-state index is -1.02. The van der Waals surface area contributed by atoms with Crippen molar-refractivity contribution in [2.45, 2.75) is 30.7 Å². The van der Waals surface area contributed by atoms with E-state index < -0.39 is 17.4 Å². The molecule has 0 aliphatic heterocycles. The van der Waals surface area contributed by atoms with Crippen LogP contribution in [0.3, 0.4) is 0 Å². The van der Waals surface area contributed by atoms with Crippen LogP contribution < -0.4 is 5.32 Å². The number of carbonyl (C=O) groups excluding carboxylic acids is 1. The van der Waals surface area contributed by atoms with E-state index in [-0.39, 0.29) is 11.7 Å². The fourth-order valence-electron chi connectivity index (χ4n) is 2.33. The van der Waals surface area contributed by atoms with Gasteiger partial charge in [0.1, 0.15) is 11.9 Å². The van der Waals surface area contributed by atoms with Crippen molar-refractivity contribution in [3.8, 4) is 0 Å². The van der Waals surface area contributed by atoms with Crippen LogP contribution >= 0.6 is 11.8 Å². The lowest BCUT2D eigenvalue weighted by molar-refractivity contribution is -0.142. The molecule has 1 unspecified atom stereocenters. The summed E-state index contributed by atoms with van der Waals surface area (Å²) in [4.78, 5) is 23.6. The minimum absolute atomic E-state index is 0.275. The molecule has 0 radical (unpaired) electrons. The number of thioether (sulfide) groups is 1. The van der Waals surface area contributed by atoms with Gasteiger partial charge in [0.2, 0.25) is 5.91 Å². The number of carbonyl (C=O) groups is 2. The predicted molar refractivity (Wildman–Crippen MR) is 79.9 cm³/mol. The van der Waals surface area contributed by atoms with E-state index in [0.717, 1.165) is 5.56 Å². The summed E-state index contributed by atoms with van der Waals surface area (Å²) < 4.78 is 13.0. The summed E-state index contributed by atoms with van der Waals surface area (Å²) >= 11 is 1.54. The van der Waals surface area contributed by atoms with Gasteiger partial charge in [-0.2, -0.15) is 11.8 Å². The van der Waals surface area contributed by atoms with E-state index in [1.807, 2.05) is 6.26 Å². The molecular formula is C15H18FNO3S. The molecule has 0 aromatic heterocycles. The van der Waals surface area contributed by atoms with Crippen LogP contribution in [-0.2, 0) is 15.0 Å². The molecule has 2 rings (SSSR count). The van der Waals surface area contributed by atoms with Gasteiger partial charge in [0.15, 0.2) is 0 Å². The molecule has 1 atom stereocenters. The van der Waals surface area contributed by atoms with Crippen LogP contribution in [0.25, 0.3) is 0 Å². The van der Waals surface area contributed by atoms with E-state index >= 15 is 0 Å². The van der Waals surface area contributed by atoms with E-state index in [9.17, 15) is 14.0 Å². The molecule has 1 fully saturated rings. The summed E-state index contributed by atoms with van der Waals surface area (Å²) in [5.41, 5.74) is 0.0659. The lowest BCUT2D eigenvalue weighted by Gasteiger charge is -2.20. The number of hydrogen-bond acceptors (Lipinski definition) is 3. The second-order valence-corrected chi connectivity index (χ2v) is 6.22. The van der Waals surface area contributed by atoms with E-state index in [0.29, 0.717) is 25.0 Å². The molecule has 4 nitrogen and oxygen atoms in total. The van der Waals surface area contributed by atoms with Gasteiger partial charge in [0.25, 0.3) is 0 Å². The Morgan fingerprint density at radius 2 is 2.00 bits per heavy atom. The average Bonchev–Trinajstić information content (AvgIpc) is 3.25. The van der Waals surface area contributed by atoms with E-state index in [4.69, 9.17) is 5.11 Å². The average molecular weight is 311 g/mol. The molecule has 0 heterocycles. The van der Waals surface area contributed by atoms with Gasteiger partial charge in [0, 0.05) is 0 Å². The third-order valence-electron chi connectivity index (χ3n) is 3.80. The van der Waals surface area contributed by atoms with Crippen molar-refractivity contribution in [2.24, 2.45) is 0 Å². The third-order valence-corrected chi connectivity index (χ3v) is 4.44. The quantitative estimate of drug-likeness (QED) is 0.810. The molecule has 1 aromatic carbocycles. The predicted octanol–water partition coefficient (Wildman–Crippen LogP) is 2.18. The highest BCUT2D eigenvalue weighted by molar-refractivity contribution is 7.98. The molecule has 114 valence electrons. The van der Waals surface area contributed by atoms with Crippen molar-refractivity contribution in [1.29, 1.82) is 0 Å². The zero-order valence-electron chi connectivity index (χ0n) is 11.8. The molecule has 1 amide bonds. The maximum absolute atomic E-state index is 13.0. The Balaban J connectivity index is 2.08. The zero-order valence-corrected chi connectivity index (χ0v) is 12.6. The Morgan fingerprint density at radius 1 is 1.38 bits per heavy atom. The number of halogens is 1. The Morgan fingerprint density at radius 3 is 2.48 bits per heavy atom. The summed E-state index contributed by atoms with van der Waals surface area (Å²) in [5.74, 6) is -0.978. The van der Waals surface area contributed by atoms with Crippen molar-refractivity contribution in [1.82, 2.24) is 5.32 Å². The second-order valence-electron chi connectivity index (χ2n) is 5.23. The molecule has 0 bridgehead atoms. The van der Waals surface area contributed by atoms with Crippen LogP contribution in [0.4, 0.5) is 4.39 Å². The van der Waals surface area contributed by atoms with Crippen LogP contribution in [0, 0.1) is 5.82 Å². The number of carboxylic acid groups (broad SMARTS) is 1. The first kappa shape index (κ1) is 15.8. The summed E-state index contributed by atoms with van der Waals surface area (Å²) in [6.45, 7) is 0. The summed E-state index contributed by atoms with van der Waals surface area (Å²) in [6.07, 6.45) is 3.61. The minimum Gasteiger partial charge on any atom is -0.480 e. The van der Waals surface area contributed by atoms with Gasteiger partial charge in [-0.05, 0) is 49.0 Å². The van der Waals surface area contributed by atoms with Crippen LogP contribution in [0.1, 0.15) is 24.8 Å². The van der Waals surface area contributed by atoms with Crippen molar-refractivity contribution in [3.63, 3.8) is 0 Å². The maximum Gasteiger partial charge on any atom is 0.326 e. The maximum atomic E-state index is 13.0. The number of rotatable bonds is 7. The molecule has 1 aliphatic carbocycles. The van der Waals surface area contributed by atoms with E-state index in [1.54, 1.807) is 12.1 Å². The van der Waals surface area contributed by atoms with Gasteiger partial charge >= 0.3 is 5.97 Å². The first-order valence-corrected chi connectivity index (χ1v) is 8.18. The molecule has 2 N–H and O–H groups in total. The monoisotopic (exact) mass is 311 g/mol. The van der Waals surface area contributed by atoms with Crippen LogP contribution in [0.15, 0.2) is 24.3 Å². The van der Waals surface area contributed by atoms with Crippen LogP contribution in [0.2, 0.25) is 0 Å². The number of carboxylic acids is 1. The molecule has 6 heteroatoms. The van der Waals surface area contributed by atoms with E-state index in [1.165, 1.54) is 23.9 Å². The van der Waals surface area contributed by atoms with Crippen molar-refractivity contribution in [3.05, 3.63) is 35.6 Å². The first-order valence-electron chi connectivity index (χ1n) is 6.78. The van der Waals surface area contributed by atoms with Crippen LogP contribution in [0.5, 0.6) is 0 Å². The molecule has 21 heavy (non-hydrogen) atoms. The van der Waals surface area contributed by atoms with Crippen molar-refractivity contribution >= 4 is 23.6 Å². The van der Waals surface area contributed by atoms with Crippen molar-refractivity contribution in [2.75, 3.05) is 12.0 Å². The number of nitrogens with one attached hydrogen (secondary N) is 1. The number of benzene rings is 1. The largest absolute Gasteiger partial charge is 0.480 e. The topological polar surface area (TPSA) is 66.4 Å². The number of amides is 1. The summed E-state index contributed by atoms with van der Waals surface area (Å²) in [7, 11) is 0. The third kappa shape index (κ3) is 3.56. The Bertz CT molecular complexity index is 528. The van der Waals surface area contributed by atoms with Gasteiger partial charge in [-0.25, -0.2) is 9.18 Å². The Hall–Kier alpha value is -1.56. The zero-order chi connectivity index (χ0) is 15.5. The highest BCUT2D eigenvalue weighted by Gasteiger charge is 2.51. The van der Waals surface area contributed by atoms with Gasteiger partial charge in [-0.1, -0.05) is 12.1 Å². The normalized spacial score (nSPS) is 17.0. The highest BCUT2D eigenvalue weighted by Crippen LogP contribution is 2.48. The fourth-order valence-corrected chi connectivity index (χ4v) is 2.80. The van der Waals surface area contributed by atoms with E-state index in [2.05, 4.69) is 5.32 Å². The Kier molecular flexibility index (Phi) is 4.88. The molecular weight excluding hydrogens is 293 g/mol. The Labute approximate surface area is 127 Å². The molecule has 1 aromatic rings. The highest BCUT2D eigenvalue weighted by atomic mass is 32.2. The number of hydrogen-bond donors (Lipinski definition) is 2.